The molecule has 1 amide bonds. The third kappa shape index (κ3) is 2.13. The highest BCUT2D eigenvalue weighted by Gasteiger charge is 2.25. The summed E-state index contributed by atoms with van der Waals surface area (Å²) in [5, 5.41) is 2.72. The van der Waals surface area contributed by atoms with E-state index in [0.29, 0.717) is 24.5 Å². The van der Waals surface area contributed by atoms with E-state index in [4.69, 9.17) is 0 Å². The SMILES string of the molecule is CN(C)/C=C\C(=O)c1nc2c(n1C)CCNC2=O. The van der Waals surface area contributed by atoms with E-state index in [2.05, 4.69) is 10.3 Å². The van der Waals surface area contributed by atoms with Crippen molar-refractivity contribution in [1.29, 1.82) is 0 Å². The molecule has 1 aromatic heterocycles. The Morgan fingerprint density at radius 1 is 1.50 bits per heavy atom. The normalized spacial score (nSPS) is 14.5. The summed E-state index contributed by atoms with van der Waals surface area (Å²) < 4.78 is 1.70. The van der Waals surface area contributed by atoms with Crippen LogP contribution in [0, 0.1) is 0 Å². The van der Waals surface area contributed by atoms with E-state index in [9.17, 15) is 9.59 Å². The minimum absolute atomic E-state index is 0.201. The first kappa shape index (κ1) is 12.3. The zero-order valence-electron chi connectivity index (χ0n) is 10.7. The fourth-order valence-electron chi connectivity index (χ4n) is 1.89. The standard InChI is InChI=1S/C12H16N4O2/c1-15(2)7-5-9(17)11-14-10-8(16(11)3)4-6-13-12(10)18/h5,7H,4,6H2,1-3H3,(H,13,18)/b7-5-. The van der Waals surface area contributed by atoms with Crippen LogP contribution < -0.4 is 5.32 Å². The van der Waals surface area contributed by atoms with E-state index in [1.54, 1.807) is 22.7 Å². The predicted octanol–water partition coefficient (Wildman–Crippen LogP) is -0.0360. The Kier molecular flexibility index (Phi) is 3.18. The van der Waals surface area contributed by atoms with Crippen LogP contribution in [0.3, 0.4) is 0 Å². The van der Waals surface area contributed by atoms with Gasteiger partial charge in [-0.05, 0) is 0 Å². The summed E-state index contributed by atoms with van der Waals surface area (Å²) in [7, 11) is 5.43. The van der Waals surface area contributed by atoms with Gasteiger partial charge in [-0.3, -0.25) is 9.59 Å². The van der Waals surface area contributed by atoms with Gasteiger partial charge in [0.2, 0.25) is 5.78 Å². The lowest BCUT2D eigenvalue weighted by Gasteiger charge is -2.12. The maximum absolute atomic E-state index is 12.0. The van der Waals surface area contributed by atoms with Crippen molar-refractivity contribution in [3.63, 3.8) is 0 Å². The van der Waals surface area contributed by atoms with Crippen molar-refractivity contribution in [3.8, 4) is 0 Å². The number of amides is 1. The van der Waals surface area contributed by atoms with Crippen LogP contribution in [0.25, 0.3) is 0 Å². The number of nitrogens with one attached hydrogen (secondary N) is 1. The van der Waals surface area contributed by atoms with E-state index in [-0.39, 0.29) is 11.7 Å². The van der Waals surface area contributed by atoms with Gasteiger partial charge in [0.15, 0.2) is 5.82 Å². The predicted molar refractivity (Wildman–Crippen MR) is 66.4 cm³/mol. The van der Waals surface area contributed by atoms with Gasteiger partial charge >= 0.3 is 0 Å². The van der Waals surface area contributed by atoms with E-state index in [0.717, 1.165) is 5.69 Å². The number of fused-ring (bicyclic) bond motifs is 1. The molecule has 0 bridgehead atoms. The maximum Gasteiger partial charge on any atom is 0.271 e. The summed E-state index contributed by atoms with van der Waals surface area (Å²) in [5.74, 6) is -0.106. The third-order valence-corrected chi connectivity index (χ3v) is 2.82. The van der Waals surface area contributed by atoms with Crippen LogP contribution in [-0.4, -0.2) is 46.8 Å². The van der Waals surface area contributed by atoms with Crippen molar-refractivity contribution in [2.24, 2.45) is 7.05 Å². The van der Waals surface area contributed by atoms with Crippen LogP contribution in [0.1, 0.15) is 26.8 Å². The molecule has 0 spiro atoms. The molecule has 0 fully saturated rings. The lowest BCUT2D eigenvalue weighted by Crippen LogP contribution is -2.32. The van der Waals surface area contributed by atoms with Crippen molar-refractivity contribution in [2.75, 3.05) is 20.6 Å². The Morgan fingerprint density at radius 2 is 2.22 bits per heavy atom. The number of ketones is 1. The Labute approximate surface area is 105 Å². The van der Waals surface area contributed by atoms with Gasteiger partial charge in [-0.1, -0.05) is 0 Å². The molecule has 6 nitrogen and oxygen atoms in total. The number of rotatable bonds is 3. The Hall–Kier alpha value is -2.11. The summed E-state index contributed by atoms with van der Waals surface area (Å²) in [6.07, 6.45) is 3.82. The zero-order chi connectivity index (χ0) is 13.3. The van der Waals surface area contributed by atoms with Gasteiger partial charge < -0.3 is 14.8 Å². The van der Waals surface area contributed by atoms with Gasteiger partial charge in [-0.25, -0.2) is 4.98 Å². The summed E-state index contributed by atoms with van der Waals surface area (Å²) in [6, 6.07) is 0. The van der Waals surface area contributed by atoms with Crippen molar-refractivity contribution >= 4 is 11.7 Å². The third-order valence-electron chi connectivity index (χ3n) is 2.82. The van der Waals surface area contributed by atoms with Gasteiger partial charge in [-0.15, -0.1) is 0 Å². The molecule has 1 aliphatic rings. The van der Waals surface area contributed by atoms with Crippen LogP contribution >= 0.6 is 0 Å². The molecule has 1 aliphatic heterocycles. The molecule has 6 heteroatoms. The Bertz CT molecular complexity index is 528. The quantitative estimate of drug-likeness (QED) is 0.602. The van der Waals surface area contributed by atoms with Crippen molar-refractivity contribution in [1.82, 2.24) is 19.8 Å². The number of carbonyl (C=O) groups excluding carboxylic acids is 2. The number of imidazole rings is 1. The average Bonchev–Trinajstić information content (AvgIpc) is 2.66. The monoisotopic (exact) mass is 248 g/mol. The molecular formula is C12H16N4O2. The summed E-state index contributed by atoms with van der Waals surface area (Å²) in [6.45, 7) is 0.590. The highest BCUT2D eigenvalue weighted by molar-refractivity contribution is 6.03. The molecule has 0 aromatic carbocycles. The molecule has 0 aliphatic carbocycles. The fraction of sp³-hybridized carbons (Fsp3) is 0.417. The van der Waals surface area contributed by atoms with E-state index in [1.165, 1.54) is 6.08 Å². The molecule has 1 N–H and O–H groups in total. The molecule has 2 heterocycles. The topological polar surface area (TPSA) is 67.2 Å². The molecular weight excluding hydrogens is 232 g/mol. The second-order valence-corrected chi connectivity index (χ2v) is 4.44. The lowest BCUT2D eigenvalue weighted by atomic mass is 10.2. The van der Waals surface area contributed by atoms with Gasteiger partial charge in [-0.2, -0.15) is 0 Å². The molecule has 1 aromatic rings. The molecule has 2 rings (SSSR count). The first-order valence-electron chi connectivity index (χ1n) is 5.73. The first-order valence-corrected chi connectivity index (χ1v) is 5.73. The van der Waals surface area contributed by atoms with E-state index >= 15 is 0 Å². The Balaban J connectivity index is 2.35. The van der Waals surface area contributed by atoms with Crippen molar-refractivity contribution in [2.45, 2.75) is 6.42 Å². The summed E-state index contributed by atoms with van der Waals surface area (Å²) >= 11 is 0. The summed E-state index contributed by atoms with van der Waals surface area (Å²) in [4.78, 5) is 29.5. The average molecular weight is 248 g/mol. The number of nitrogens with zero attached hydrogens (tertiary/aromatic N) is 3. The molecule has 96 valence electrons. The fourth-order valence-corrected chi connectivity index (χ4v) is 1.89. The van der Waals surface area contributed by atoms with Crippen LogP contribution in [0.4, 0.5) is 0 Å². The molecule has 0 radical (unpaired) electrons. The first-order chi connectivity index (χ1) is 8.50. The number of carbonyl (C=O) groups is 2. The highest BCUT2D eigenvalue weighted by atomic mass is 16.2. The second kappa shape index (κ2) is 4.64. The van der Waals surface area contributed by atoms with Crippen LogP contribution in [-0.2, 0) is 13.5 Å². The lowest BCUT2D eigenvalue weighted by molar-refractivity contribution is 0.0940. The molecule has 0 saturated carbocycles. The smallest absolute Gasteiger partial charge is 0.271 e. The minimum atomic E-state index is -0.206. The molecule has 0 atom stereocenters. The number of allylic oxidation sites excluding steroid dienone is 1. The highest BCUT2D eigenvalue weighted by Crippen LogP contribution is 2.15. The van der Waals surface area contributed by atoms with Crippen molar-refractivity contribution < 1.29 is 9.59 Å². The van der Waals surface area contributed by atoms with Gasteiger partial charge in [0.1, 0.15) is 5.69 Å². The molecule has 0 saturated heterocycles. The van der Waals surface area contributed by atoms with Crippen molar-refractivity contribution in [3.05, 3.63) is 29.5 Å². The largest absolute Gasteiger partial charge is 0.383 e. The van der Waals surface area contributed by atoms with Crippen LogP contribution in [0.15, 0.2) is 12.3 Å². The number of aromatic nitrogens is 2. The van der Waals surface area contributed by atoms with Gasteiger partial charge in [0.25, 0.3) is 5.91 Å². The van der Waals surface area contributed by atoms with E-state index < -0.39 is 0 Å². The van der Waals surface area contributed by atoms with Gasteiger partial charge in [0, 0.05) is 46.4 Å². The summed E-state index contributed by atoms with van der Waals surface area (Å²) in [5.41, 5.74) is 1.19. The second-order valence-electron chi connectivity index (χ2n) is 4.44. The van der Waals surface area contributed by atoms with E-state index in [1.807, 2.05) is 14.1 Å². The Morgan fingerprint density at radius 3 is 2.83 bits per heavy atom. The van der Waals surface area contributed by atoms with Gasteiger partial charge in [0.05, 0.1) is 5.69 Å². The number of hydrogen-bond acceptors (Lipinski definition) is 4. The molecule has 0 unspecified atom stereocenters. The number of hydrogen-bond donors (Lipinski definition) is 1. The zero-order valence-corrected chi connectivity index (χ0v) is 10.7. The molecule has 18 heavy (non-hydrogen) atoms. The minimum Gasteiger partial charge on any atom is -0.383 e. The van der Waals surface area contributed by atoms with Crippen LogP contribution in [0.5, 0.6) is 0 Å². The van der Waals surface area contributed by atoms with Crippen LogP contribution in [0.2, 0.25) is 0 Å². The maximum atomic E-state index is 12.0.